The highest BCUT2D eigenvalue weighted by Gasteiger charge is 2.09. The van der Waals surface area contributed by atoms with Crippen molar-refractivity contribution in [2.45, 2.75) is 16.9 Å². The van der Waals surface area contributed by atoms with Crippen molar-refractivity contribution in [3.63, 3.8) is 0 Å². The smallest absolute Gasteiger partial charge is 0.150 e. The van der Waals surface area contributed by atoms with Crippen LogP contribution in [-0.2, 0) is 5.75 Å². The monoisotopic (exact) mass is 380 g/mol. The number of aromatic nitrogens is 1. The molecule has 4 N–H and O–H groups in total. The first-order valence-electron chi connectivity index (χ1n) is 8.67. The molecule has 0 saturated heterocycles. The average Bonchev–Trinajstić information content (AvgIpc) is 2.68. The van der Waals surface area contributed by atoms with Gasteiger partial charge < -0.3 is 21.1 Å². The molecular formula is C21H24N4OS. The van der Waals surface area contributed by atoms with Crippen molar-refractivity contribution in [1.29, 1.82) is 0 Å². The van der Waals surface area contributed by atoms with Crippen molar-refractivity contribution in [3.05, 3.63) is 78.0 Å². The largest absolute Gasteiger partial charge is 0.383 e. The normalized spacial score (nSPS) is 11.8. The van der Waals surface area contributed by atoms with Crippen LogP contribution >= 0.6 is 11.8 Å². The van der Waals surface area contributed by atoms with Crippen LogP contribution in [0, 0.1) is 0 Å². The number of nitrogen functional groups attached to an aromatic ring is 1. The van der Waals surface area contributed by atoms with Crippen LogP contribution in [0.5, 0.6) is 0 Å². The van der Waals surface area contributed by atoms with Crippen molar-refractivity contribution in [1.82, 2.24) is 4.98 Å². The number of rotatable bonds is 7. The summed E-state index contributed by atoms with van der Waals surface area (Å²) in [5, 5.41) is 13.6. The fourth-order valence-electron chi connectivity index (χ4n) is 2.60. The molecule has 3 rings (SSSR count). The Morgan fingerprint density at radius 1 is 1.11 bits per heavy atom. The highest BCUT2D eigenvalue weighted by atomic mass is 32.2. The van der Waals surface area contributed by atoms with E-state index in [1.54, 1.807) is 18.0 Å². The van der Waals surface area contributed by atoms with E-state index in [2.05, 4.69) is 10.3 Å². The van der Waals surface area contributed by atoms with Gasteiger partial charge in [-0.2, -0.15) is 0 Å². The zero-order valence-electron chi connectivity index (χ0n) is 15.5. The Bertz CT molecular complexity index is 883. The summed E-state index contributed by atoms with van der Waals surface area (Å²) in [4.78, 5) is 7.09. The predicted molar refractivity (Wildman–Crippen MR) is 114 cm³/mol. The van der Waals surface area contributed by atoms with Gasteiger partial charge in [0.15, 0.2) is 6.23 Å². The number of benzene rings is 2. The third-order valence-electron chi connectivity index (χ3n) is 4.15. The first kappa shape index (κ1) is 19.1. The highest BCUT2D eigenvalue weighted by Crippen LogP contribution is 2.27. The standard InChI is InChI=1S/C21H24N4OS/c1-25(2)18-6-3-5-16(13-18)21(26)24-17-10-8-15(9-11-17)14-27-19-7-4-12-23-20(19)22/h3-13,21,24,26H,14H2,1-2H3,(H2,22,23). The number of hydrogen-bond donors (Lipinski definition) is 3. The minimum absolute atomic E-state index is 0.559. The van der Waals surface area contributed by atoms with Gasteiger partial charge in [0.25, 0.3) is 0 Å². The number of aliphatic hydroxyl groups is 1. The Labute approximate surface area is 164 Å². The molecule has 5 nitrogen and oxygen atoms in total. The van der Waals surface area contributed by atoms with Crippen LogP contribution in [-0.4, -0.2) is 24.2 Å². The van der Waals surface area contributed by atoms with Crippen LogP contribution < -0.4 is 16.0 Å². The van der Waals surface area contributed by atoms with Gasteiger partial charge in [0.1, 0.15) is 5.82 Å². The molecule has 0 radical (unpaired) electrons. The number of aliphatic hydroxyl groups excluding tert-OH is 1. The molecule has 0 aliphatic carbocycles. The molecule has 2 aromatic carbocycles. The van der Waals surface area contributed by atoms with E-state index in [0.717, 1.165) is 27.6 Å². The first-order chi connectivity index (χ1) is 13.0. The number of anilines is 3. The highest BCUT2D eigenvalue weighted by molar-refractivity contribution is 7.98. The molecule has 0 saturated carbocycles. The van der Waals surface area contributed by atoms with E-state index in [4.69, 9.17) is 5.73 Å². The first-order valence-corrected chi connectivity index (χ1v) is 9.65. The van der Waals surface area contributed by atoms with Crippen LogP contribution in [0.25, 0.3) is 0 Å². The van der Waals surface area contributed by atoms with E-state index in [1.165, 1.54) is 5.56 Å². The molecule has 0 amide bonds. The van der Waals surface area contributed by atoms with Crippen molar-refractivity contribution < 1.29 is 5.11 Å². The Morgan fingerprint density at radius 3 is 2.59 bits per heavy atom. The summed E-state index contributed by atoms with van der Waals surface area (Å²) in [7, 11) is 3.96. The maximum atomic E-state index is 10.5. The van der Waals surface area contributed by atoms with Gasteiger partial charge in [-0.15, -0.1) is 11.8 Å². The minimum atomic E-state index is -0.764. The van der Waals surface area contributed by atoms with Gasteiger partial charge in [-0.1, -0.05) is 24.3 Å². The third kappa shape index (κ3) is 5.15. The second kappa shape index (κ2) is 8.79. The van der Waals surface area contributed by atoms with Crippen molar-refractivity contribution in [2.75, 3.05) is 30.0 Å². The lowest BCUT2D eigenvalue weighted by Gasteiger charge is -2.18. The van der Waals surface area contributed by atoms with Gasteiger partial charge in [-0.05, 0) is 42.0 Å². The molecule has 6 heteroatoms. The Kier molecular flexibility index (Phi) is 6.21. The molecule has 0 aliphatic heterocycles. The third-order valence-corrected chi connectivity index (χ3v) is 5.29. The molecule has 3 aromatic rings. The lowest BCUT2D eigenvalue weighted by atomic mass is 10.1. The van der Waals surface area contributed by atoms with Gasteiger partial charge in [0.05, 0.1) is 0 Å². The van der Waals surface area contributed by atoms with Gasteiger partial charge in [-0.25, -0.2) is 4.98 Å². The summed E-state index contributed by atoms with van der Waals surface area (Å²) in [5.41, 5.74) is 9.80. The second-order valence-electron chi connectivity index (χ2n) is 6.41. The van der Waals surface area contributed by atoms with E-state index < -0.39 is 6.23 Å². The number of nitrogens with two attached hydrogens (primary N) is 1. The Hall–Kier alpha value is -2.70. The lowest BCUT2D eigenvalue weighted by Crippen LogP contribution is -2.12. The van der Waals surface area contributed by atoms with E-state index in [1.807, 2.05) is 79.7 Å². The molecule has 0 bridgehead atoms. The van der Waals surface area contributed by atoms with Crippen molar-refractivity contribution >= 4 is 29.0 Å². The molecule has 140 valence electrons. The number of thioether (sulfide) groups is 1. The lowest BCUT2D eigenvalue weighted by molar-refractivity contribution is 0.208. The fourth-order valence-corrected chi connectivity index (χ4v) is 3.49. The van der Waals surface area contributed by atoms with E-state index in [0.29, 0.717) is 5.82 Å². The zero-order chi connectivity index (χ0) is 19.2. The number of nitrogens with one attached hydrogen (secondary N) is 1. The predicted octanol–water partition coefficient (Wildman–Crippen LogP) is 4.13. The molecular weight excluding hydrogens is 356 g/mol. The van der Waals surface area contributed by atoms with Gasteiger partial charge in [-0.3, -0.25) is 0 Å². The number of pyridine rings is 1. The molecule has 1 atom stereocenters. The van der Waals surface area contributed by atoms with Crippen LogP contribution in [0.1, 0.15) is 17.4 Å². The summed E-state index contributed by atoms with van der Waals surface area (Å²) in [6, 6.07) is 19.7. The quantitative estimate of drug-likeness (QED) is 0.423. The van der Waals surface area contributed by atoms with Gasteiger partial charge in [0.2, 0.25) is 0 Å². The Balaban J connectivity index is 1.60. The van der Waals surface area contributed by atoms with Crippen LogP contribution in [0.4, 0.5) is 17.2 Å². The maximum Gasteiger partial charge on any atom is 0.150 e. The van der Waals surface area contributed by atoms with Gasteiger partial charge in [0, 0.05) is 47.9 Å². The number of nitrogens with zero attached hydrogens (tertiary/aromatic N) is 2. The van der Waals surface area contributed by atoms with Crippen molar-refractivity contribution in [2.24, 2.45) is 0 Å². The minimum Gasteiger partial charge on any atom is -0.383 e. The SMILES string of the molecule is CN(C)c1cccc(C(O)Nc2ccc(CSc3cccnc3N)cc2)c1. The molecule has 1 unspecified atom stereocenters. The fraction of sp³-hybridized carbons (Fsp3) is 0.190. The summed E-state index contributed by atoms with van der Waals surface area (Å²) < 4.78 is 0. The van der Waals surface area contributed by atoms with Crippen LogP contribution in [0.3, 0.4) is 0 Å². The molecule has 0 spiro atoms. The molecule has 27 heavy (non-hydrogen) atoms. The average molecular weight is 381 g/mol. The van der Waals surface area contributed by atoms with Crippen molar-refractivity contribution in [3.8, 4) is 0 Å². The molecule has 1 heterocycles. The summed E-state index contributed by atoms with van der Waals surface area (Å²) >= 11 is 1.66. The summed E-state index contributed by atoms with van der Waals surface area (Å²) in [5.74, 6) is 1.37. The van der Waals surface area contributed by atoms with E-state index >= 15 is 0 Å². The Morgan fingerprint density at radius 2 is 1.89 bits per heavy atom. The molecule has 0 aliphatic rings. The van der Waals surface area contributed by atoms with Gasteiger partial charge >= 0.3 is 0 Å². The molecule has 0 fully saturated rings. The molecule has 1 aromatic heterocycles. The van der Waals surface area contributed by atoms with E-state index in [9.17, 15) is 5.11 Å². The maximum absolute atomic E-state index is 10.5. The second-order valence-corrected chi connectivity index (χ2v) is 7.43. The summed E-state index contributed by atoms with van der Waals surface area (Å²) in [6.45, 7) is 0. The van der Waals surface area contributed by atoms with Crippen LogP contribution in [0.15, 0.2) is 71.8 Å². The zero-order valence-corrected chi connectivity index (χ0v) is 16.3. The summed E-state index contributed by atoms with van der Waals surface area (Å²) in [6.07, 6.45) is 0.930. The number of hydrogen-bond acceptors (Lipinski definition) is 6. The van der Waals surface area contributed by atoms with Crippen LogP contribution in [0.2, 0.25) is 0 Å². The topological polar surface area (TPSA) is 74.4 Å². The van der Waals surface area contributed by atoms with E-state index in [-0.39, 0.29) is 0 Å².